The molecular weight excluding hydrogens is 432 g/mol. The fourth-order valence-electron chi connectivity index (χ4n) is 4.24. The van der Waals surface area contributed by atoms with E-state index in [0.29, 0.717) is 49.5 Å². The Labute approximate surface area is 197 Å². The molecular formula is C25H28N6O3. The smallest absolute Gasteiger partial charge is 0.154 e. The van der Waals surface area contributed by atoms with Crippen LogP contribution in [0.15, 0.2) is 42.7 Å². The Balaban J connectivity index is 1.39. The number of ether oxygens (including phenoxy) is 2. The molecule has 0 saturated carbocycles. The predicted molar refractivity (Wildman–Crippen MR) is 128 cm³/mol. The van der Waals surface area contributed by atoms with Crippen LogP contribution in [0.2, 0.25) is 0 Å². The number of nitrogens with zero attached hydrogens (tertiary/aromatic N) is 5. The number of hydrogen-bond donors (Lipinski definition) is 2. The van der Waals surface area contributed by atoms with E-state index in [1.807, 2.05) is 55.7 Å². The first-order valence-corrected chi connectivity index (χ1v) is 11.4. The number of rotatable bonds is 6. The van der Waals surface area contributed by atoms with Crippen LogP contribution in [-0.2, 0) is 4.74 Å². The summed E-state index contributed by atoms with van der Waals surface area (Å²) in [4.78, 5) is 13.2. The van der Waals surface area contributed by atoms with Gasteiger partial charge in [-0.2, -0.15) is 5.10 Å². The van der Waals surface area contributed by atoms with Crippen LogP contribution in [0.1, 0.15) is 23.6 Å². The number of nitrogens with one attached hydrogen (secondary N) is 1. The molecule has 5 heterocycles. The van der Waals surface area contributed by atoms with Crippen LogP contribution in [0.4, 0.5) is 11.6 Å². The highest BCUT2D eigenvalue weighted by Crippen LogP contribution is 2.32. The number of aryl methyl sites for hydroxylation is 3. The molecule has 0 aliphatic carbocycles. The van der Waals surface area contributed by atoms with E-state index in [1.165, 1.54) is 0 Å². The van der Waals surface area contributed by atoms with E-state index < -0.39 is 6.10 Å². The van der Waals surface area contributed by atoms with Crippen molar-refractivity contribution in [1.29, 1.82) is 0 Å². The molecule has 0 amide bonds. The fraction of sp³-hybridized carbons (Fsp3) is 0.360. The molecule has 5 rings (SSSR count). The van der Waals surface area contributed by atoms with Crippen molar-refractivity contribution in [3.05, 3.63) is 59.9 Å². The van der Waals surface area contributed by atoms with E-state index >= 15 is 0 Å². The Morgan fingerprint density at radius 3 is 2.79 bits per heavy atom. The number of aromatic nitrogens is 5. The summed E-state index contributed by atoms with van der Waals surface area (Å²) >= 11 is 0. The van der Waals surface area contributed by atoms with Gasteiger partial charge in [0.15, 0.2) is 5.82 Å². The molecule has 1 saturated heterocycles. The normalized spacial score (nSPS) is 18.2. The Bertz CT molecular complexity index is 1300. The standard InChI is InChI=1S/C25H28N6O3/c1-15-6-22(23(11-26-15)34-13-18-8-21(32)14-33-12-18)19-4-5-31-20(9-19)10-25(30-31)29-24-7-16(2)27-17(3)28-24/h4-7,9-11,18,21,32H,8,12-14H2,1-3H3,(H,27,28,29,30)/t18?,21-/m0/s1. The van der Waals surface area contributed by atoms with Gasteiger partial charge < -0.3 is 19.9 Å². The number of aliphatic hydroxyl groups excluding tert-OH is 1. The maximum atomic E-state index is 9.86. The van der Waals surface area contributed by atoms with Gasteiger partial charge in [0.05, 0.1) is 37.6 Å². The van der Waals surface area contributed by atoms with Crippen LogP contribution in [0.3, 0.4) is 0 Å². The van der Waals surface area contributed by atoms with Gasteiger partial charge in [0.2, 0.25) is 0 Å². The van der Waals surface area contributed by atoms with Gasteiger partial charge in [-0.15, -0.1) is 0 Å². The topological polar surface area (TPSA) is 107 Å². The Morgan fingerprint density at radius 1 is 1.09 bits per heavy atom. The van der Waals surface area contributed by atoms with Gasteiger partial charge in [-0.3, -0.25) is 4.98 Å². The summed E-state index contributed by atoms with van der Waals surface area (Å²) < 4.78 is 13.4. The van der Waals surface area contributed by atoms with Crippen LogP contribution in [-0.4, -0.2) is 55.6 Å². The van der Waals surface area contributed by atoms with Gasteiger partial charge in [0.1, 0.15) is 17.4 Å². The van der Waals surface area contributed by atoms with Crippen LogP contribution < -0.4 is 10.1 Å². The minimum absolute atomic E-state index is 0.151. The molecule has 34 heavy (non-hydrogen) atoms. The second-order valence-corrected chi connectivity index (χ2v) is 8.81. The molecule has 9 heteroatoms. The highest BCUT2D eigenvalue weighted by Gasteiger charge is 2.22. The highest BCUT2D eigenvalue weighted by molar-refractivity contribution is 5.75. The van der Waals surface area contributed by atoms with Crippen molar-refractivity contribution < 1.29 is 14.6 Å². The first kappa shape index (κ1) is 22.2. The second kappa shape index (κ2) is 9.36. The molecule has 0 aromatic carbocycles. The minimum Gasteiger partial charge on any atom is -0.491 e. The van der Waals surface area contributed by atoms with Crippen molar-refractivity contribution in [2.45, 2.75) is 33.3 Å². The molecule has 1 unspecified atom stereocenters. The SMILES string of the molecule is Cc1cc(-c2ccn3nc(Nc4cc(C)nc(C)n4)cc3c2)c(OCC2COC[C@@H](O)C2)cn1. The molecule has 9 nitrogen and oxygen atoms in total. The molecule has 0 spiro atoms. The van der Waals surface area contributed by atoms with E-state index in [2.05, 4.69) is 31.4 Å². The van der Waals surface area contributed by atoms with Gasteiger partial charge >= 0.3 is 0 Å². The molecule has 2 N–H and O–H groups in total. The molecule has 1 aliphatic heterocycles. The van der Waals surface area contributed by atoms with Crippen molar-refractivity contribution in [1.82, 2.24) is 24.6 Å². The summed E-state index contributed by atoms with van der Waals surface area (Å²) in [5.74, 6) is 2.99. The number of aliphatic hydroxyl groups is 1. The minimum atomic E-state index is -0.430. The van der Waals surface area contributed by atoms with Crippen molar-refractivity contribution in [2.24, 2.45) is 5.92 Å². The molecule has 0 radical (unpaired) electrons. The van der Waals surface area contributed by atoms with Crippen molar-refractivity contribution in [3.63, 3.8) is 0 Å². The number of pyridine rings is 2. The lowest BCUT2D eigenvalue weighted by Gasteiger charge is -2.26. The van der Waals surface area contributed by atoms with Gasteiger partial charge in [0, 0.05) is 41.2 Å². The zero-order valence-electron chi connectivity index (χ0n) is 19.5. The summed E-state index contributed by atoms with van der Waals surface area (Å²) in [7, 11) is 0. The number of anilines is 2. The zero-order valence-corrected chi connectivity index (χ0v) is 19.5. The summed E-state index contributed by atoms with van der Waals surface area (Å²) in [6, 6.07) is 9.98. The Kier molecular flexibility index (Phi) is 6.12. The molecule has 0 bridgehead atoms. The third kappa shape index (κ3) is 5.00. The summed E-state index contributed by atoms with van der Waals surface area (Å²) in [5, 5.41) is 17.7. The summed E-state index contributed by atoms with van der Waals surface area (Å²) in [5.41, 5.74) is 4.71. The lowest BCUT2D eigenvalue weighted by molar-refractivity contribution is -0.0458. The van der Waals surface area contributed by atoms with E-state index in [9.17, 15) is 5.11 Å². The molecule has 1 aliphatic rings. The maximum absolute atomic E-state index is 9.86. The average molecular weight is 461 g/mol. The van der Waals surface area contributed by atoms with Gasteiger partial charge in [-0.25, -0.2) is 14.5 Å². The second-order valence-electron chi connectivity index (χ2n) is 8.81. The first-order chi connectivity index (χ1) is 16.4. The lowest BCUT2D eigenvalue weighted by atomic mass is 10.0. The number of hydrogen-bond acceptors (Lipinski definition) is 8. The Morgan fingerprint density at radius 2 is 1.97 bits per heavy atom. The molecule has 1 fully saturated rings. The van der Waals surface area contributed by atoms with Gasteiger partial charge in [0.25, 0.3) is 0 Å². The number of fused-ring (bicyclic) bond motifs is 1. The van der Waals surface area contributed by atoms with Crippen LogP contribution in [0, 0.1) is 26.7 Å². The van der Waals surface area contributed by atoms with Crippen LogP contribution >= 0.6 is 0 Å². The quantitative estimate of drug-likeness (QED) is 0.449. The molecule has 2 atom stereocenters. The third-order valence-corrected chi connectivity index (χ3v) is 5.74. The van der Waals surface area contributed by atoms with Crippen molar-refractivity contribution in [2.75, 3.05) is 25.1 Å². The molecule has 176 valence electrons. The van der Waals surface area contributed by atoms with Crippen LogP contribution in [0.25, 0.3) is 16.6 Å². The zero-order chi connectivity index (χ0) is 23.7. The fourth-order valence-corrected chi connectivity index (χ4v) is 4.24. The first-order valence-electron chi connectivity index (χ1n) is 11.4. The lowest BCUT2D eigenvalue weighted by Crippen LogP contribution is -2.32. The predicted octanol–water partition coefficient (Wildman–Crippen LogP) is 3.63. The Hall–Kier alpha value is -3.56. The monoisotopic (exact) mass is 460 g/mol. The van der Waals surface area contributed by atoms with E-state index in [0.717, 1.165) is 28.0 Å². The van der Waals surface area contributed by atoms with E-state index in [1.54, 1.807) is 6.20 Å². The largest absolute Gasteiger partial charge is 0.491 e. The molecule has 4 aromatic heterocycles. The summed E-state index contributed by atoms with van der Waals surface area (Å²) in [6.45, 7) is 7.23. The van der Waals surface area contributed by atoms with Crippen molar-refractivity contribution >= 4 is 17.2 Å². The van der Waals surface area contributed by atoms with E-state index in [4.69, 9.17) is 9.47 Å². The van der Waals surface area contributed by atoms with Gasteiger partial charge in [-0.1, -0.05) is 0 Å². The maximum Gasteiger partial charge on any atom is 0.154 e. The highest BCUT2D eigenvalue weighted by atomic mass is 16.5. The molecule has 4 aromatic rings. The van der Waals surface area contributed by atoms with Crippen LogP contribution in [0.5, 0.6) is 5.75 Å². The average Bonchev–Trinajstić information content (AvgIpc) is 3.19. The van der Waals surface area contributed by atoms with E-state index in [-0.39, 0.29) is 5.92 Å². The van der Waals surface area contributed by atoms with Gasteiger partial charge in [-0.05, 0) is 51.0 Å². The van der Waals surface area contributed by atoms with Crippen molar-refractivity contribution in [3.8, 4) is 16.9 Å². The summed E-state index contributed by atoms with van der Waals surface area (Å²) in [6.07, 6.45) is 3.94. The third-order valence-electron chi connectivity index (χ3n) is 5.74.